The molecule has 8 heavy (non-hydrogen) atoms. The van der Waals surface area contributed by atoms with E-state index in [1.807, 2.05) is 7.05 Å². The van der Waals surface area contributed by atoms with Gasteiger partial charge in [-0.1, -0.05) is 13.8 Å². The van der Waals surface area contributed by atoms with Gasteiger partial charge in [0.25, 0.3) is 0 Å². The molecule has 2 heteroatoms. The molecule has 0 heterocycles. The van der Waals surface area contributed by atoms with E-state index >= 15 is 0 Å². The van der Waals surface area contributed by atoms with Crippen LogP contribution in [0.15, 0.2) is 0 Å². The van der Waals surface area contributed by atoms with Crippen LogP contribution in [-0.2, 0) is 0 Å². The number of hydrogen-bond acceptors (Lipinski definition) is 2. The third-order valence-electron chi connectivity index (χ3n) is 1.37. The molecule has 0 aromatic carbocycles. The van der Waals surface area contributed by atoms with Gasteiger partial charge in [-0.05, 0) is 13.0 Å². The summed E-state index contributed by atoms with van der Waals surface area (Å²) in [6.07, 6.45) is 0. The van der Waals surface area contributed by atoms with E-state index < -0.39 is 0 Å². The molecule has 0 rings (SSSR count). The quantitative estimate of drug-likeness (QED) is 0.554. The summed E-state index contributed by atoms with van der Waals surface area (Å²) in [7, 11) is 1.86. The fourth-order valence-electron chi connectivity index (χ4n) is 0.635. The van der Waals surface area contributed by atoms with Crippen LogP contribution in [-0.4, -0.2) is 24.8 Å². The fourth-order valence-corrected chi connectivity index (χ4v) is 0.635. The number of aliphatic hydroxyl groups is 1. The summed E-state index contributed by atoms with van der Waals surface area (Å²) in [6.45, 7) is 4.39. The van der Waals surface area contributed by atoms with Gasteiger partial charge in [0.2, 0.25) is 0 Å². The van der Waals surface area contributed by atoms with Crippen molar-refractivity contribution in [3.63, 3.8) is 0 Å². The molecule has 0 spiro atoms. The Bertz CT molecular complexity index is 50.5. The van der Waals surface area contributed by atoms with Crippen LogP contribution in [0.3, 0.4) is 0 Å². The molecule has 2 N–H and O–H groups in total. The van der Waals surface area contributed by atoms with Gasteiger partial charge >= 0.3 is 0 Å². The van der Waals surface area contributed by atoms with Gasteiger partial charge in [-0.25, -0.2) is 0 Å². The maximum Gasteiger partial charge on any atom is 0.0587 e. The topological polar surface area (TPSA) is 32.3 Å². The van der Waals surface area contributed by atoms with E-state index in [0.717, 1.165) is 0 Å². The Morgan fingerprint density at radius 2 is 2.00 bits per heavy atom. The standard InChI is InChI=1S/C6H15NO/c1-5(2)6(4-8)7-3/h5-8H,4H2,1-3H3/t6-/m1/s1. The smallest absolute Gasteiger partial charge is 0.0587 e. The van der Waals surface area contributed by atoms with Crippen LogP contribution in [0.4, 0.5) is 0 Å². The fraction of sp³-hybridized carbons (Fsp3) is 1.00. The maximum atomic E-state index is 8.63. The monoisotopic (exact) mass is 117 g/mol. The van der Waals surface area contributed by atoms with E-state index in [1.54, 1.807) is 0 Å². The van der Waals surface area contributed by atoms with Gasteiger partial charge < -0.3 is 10.4 Å². The molecular weight excluding hydrogens is 102 g/mol. The van der Waals surface area contributed by atoms with Crippen molar-refractivity contribution in [1.82, 2.24) is 5.32 Å². The predicted octanol–water partition coefficient (Wildman–Crippen LogP) is 0.223. The van der Waals surface area contributed by atoms with Crippen molar-refractivity contribution in [3.05, 3.63) is 0 Å². The van der Waals surface area contributed by atoms with Gasteiger partial charge in [0.1, 0.15) is 0 Å². The Labute approximate surface area is 50.9 Å². The van der Waals surface area contributed by atoms with Crippen LogP contribution in [0.2, 0.25) is 0 Å². The minimum Gasteiger partial charge on any atom is -0.395 e. The largest absolute Gasteiger partial charge is 0.395 e. The van der Waals surface area contributed by atoms with Crippen molar-refractivity contribution in [1.29, 1.82) is 0 Å². The average Bonchev–Trinajstić information content (AvgIpc) is 1.69. The lowest BCUT2D eigenvalue weighted by atomic mass is 10.1. The first-order chi connectivity index (χ1) is 3.72. The van der Waals surface area contributed by atoms with Gasteiger partial charge in [-0.2, -0.15) is 0 Å². The van der Waals surface area contributed by atoms with E-state index in [2.05, 4.69) is 19.2 Å². The molecule has 0 radical (unpaired) electrons. The van der Waals surface area contributed by atoms with Gasteiger partial charge in [0, 0.05) is 6.04 Å². The summed E-state index contributed by atoms with van der Waals surface area (Å²) < 4.78 is 0. The summed E-state index contributed by atoms with van der Waals surface area (Å²) in [6, 6.07) is 0.259. The molecule has 0 fully saturated rings. The van der Waals surface area contributed by atoms with Gasteiger partial charge in [-0.15, -0.1) is 0 Å². The first-order valence-corrected chi connectivity index (χ1v) is 3.00. The molecule has 50 valence electrons. The van der Waals surface area contributed by atoms with Crippen molar-refractivity contribution >= 4 is 0 Å². The van der Waals surface area contributed by atoms with Gasteiger partial charge in [0.05, 0.1) is 6.61 Å². The molecule has 0 amide bonds. The molecule has 1 atom stereocenters. The second-order valence-electron chi connectivity index (χ2n) is 2.32. The molecule has 0 saturated carbocycles. The van der Waals surface area contributed by atoms with Crippen molar-refractivity contribution in [2.45, 2.75) is 19.9 Å². The molecule has 0 aromatic heterocycles. The third kappa shape index (κ3) is 2.28. The molecule has 0 aliphatic rings. The summed E-state index contributed by atoms with van der Waals surface area (Å²) in [5.74, 6) is 0.519. The van der Waals surface area contributed by atoms with E-state index in [4.69, 9.17) is 5.11 Å². The zero-order valence-electron chi connectivity index (χ0n) is 5.81. The highest BCUT2D eigenvalue weighted by Gasteiger charge is 2.06. The molecule has 0 aliphatic carbocycles. The van der Waals surface area contributed by atoms with Crippen molar-refractivity contribution < 1.29 is 5.11 Å². The Morgan fingerprint density at radius 3 is 2.00 bits per heavy atom. The lowest BCUT2D eigenvalue weighted by Crippen LogP contribution is -2.33. The minimum atomic E-state index is 0.230. The molecule has 0 saturated heterocycles. The summed E-state index contributed by atoms with van der Waals surface area (Å²) in [5.41, 5.74) is 0. The summed E-state index contributed by atoms with van der Waals surface area (Å²) >= 11 is 0. The molecule has 0 unspecified atom stereocenters. The first kappa shape index (κ1) is 7.92. The van der Waals surface area contributed by atoms with E-state index in [0.29, 0.717) is 5.92 Å². The van der Waals surface area contributed by atoms with Crippen molar-refractivity contribution in [2.24, 2.45) is 5.92 Å². The second kappa shape index (κ2) is 3.87. The van der Waals surface area contributed by atoms with Crippen LogP contribution in [0, 0.1) is 5.92 Å². The highest BCUT2D eigenvalue weighted by Crippen LogP contribution is 1.97. The summed E-state index contributed by atoms with van der Waals surface area (Å²) in [4.78, 5) is 0. The molecular formula is C6H15NO. The highest BCUT2D eigenvalue weighted by atomic mass is 16.3. The first-order valence-electron chi connectivity index (χ1n) is 3.00. The van der Waals surface area contributed by atoms with Crippen LogP contribution in [0.1, 0.15) is 13.8 Å². The molecule has 0 bridgehead atoms. The van der Waals surface area contributed by atoms with Crippen molar-refractivity contribution in [3.8, 4) is 0 Å². The summed E-state index contributed by atoms with van der Waals surface area (Å²) in [5, 5.41) is 11.6. The van der Waals surface area contributed by atoms with E-state index in [1.165, 1.54) is 0 Å². The zero-order chi connectivity index (χ0) is 6.57. The number of aliphatic hydroxyl groups excluding tert-OH is 1. The van der Waals surface area contributed by atoms with E-state index in [9.17, 15) is 0 Å². The van der Waals surface area contributed by atoms with Gasteiger partial charge in [0.15, 0.2) is 0 Å². The normalized spacial score (nSPS) is 14.6. The average molecular weight is 117 g/mol. The molecule has 0 aliphatic heterocycles. The Kier molecular flexibility index (Phi) is 3.83. The van der Waals surface area contributed by atoms with Crippen LogP contribution < -0.4 is 5.32 Å². The minimum absolute atomic E-state index is 0.230. The zero-order valence-corrected chi connectivity index (χ0v) is 5.81. The highest BCUT2D eigenvalue weighted by molar-refractivity contribution is 4.65. The number of likely N-dealkylation sites (N-methyl/N-ethyl adjacent to an activating group) is 1. The van der Waals surface area contributed by atoms with Crippen LogP contribution >= 0.6 is 0 Å². The van der Waals surface area contributed by atoms with Crippen molar-refractivity contribution in [2.75, 3.05) is 13.7 Å². The lowest BCUT2D eigenvalue weighted by Gasteiger charge is -2.15. The van der Waals surface area contributed by atoms with Crippen LogP contribution in [0.25, 0.3) is 0 Å². The second-order valence-corrected chi connectivity index (χ2v) is 2.32. The third-order valence-corrected chi connectivity index (χ3v) is 1.37. The number of nitrogens with one attached hydrogen (secondary N) is 1. The van der Waals surface area contributed by atoms with Crippen LogP contribution in [0.5, 0.6) is 0 Å². The van der Waals surface area contributed by atoms with E-state index in [-0.39, 0.29) is 12.6 Å². The Balaban J connectivity index is 3.35. The number of rotatable bonds is 3. The molecule has 2 nitrogen and oxygen atoms in total. The SMILES string of the molecule is CN[C@H](CO)C(C)C. The lowest BCUT2D eigenvalue weighted by molar-refractivity contribution is 0.218. The Hall–Kier alpha value is -0.0800. The van der Waals surface area contributed by atoms with Gasteiger partial charge in [-0.3, -0.25) is 0 Å². The maximum absolute atomic E-state index is 8.63. The molecule has 0 aromatic rings. The predicted molar refractivity (Wildman–Crippen MR) is 34.8 cm³/mol. The number of hydrogen-bond donors (Lipinski definition) is 2. The Morgan fingerprint density at radius 1 is 1.50 bits per heavy atom.